The van der Waals surface area contributed by atoms with Crippen molar-refractivity contribution in [3.63, 3.8) is 0 Å². The fraction of sp³-hybridized carbons (Fsp3) is 0.706. The van der Waals surface area contributed by atoms with E-state index >= 15 is 0 Å². The molecular formula is C34H52N6O4S4. The highest BCUT2D eigenvalue weighted by Gasteiger charge is 2.19. The summed E-state index contributed by atoms with van der Waals surface area (Å²) in [5.74, 6) is 0.346. The first-order chi connectivity index (χ1) is 23.5. The number of hydrogen-bond acceptors (Lipinski definition) is 14. The second kappa shape index (κ2) is 22.8. The Kier molecular flexibility index (Phi) is 18.5. The normalized spacial score (nSPS) is 15.7. The van der Waals surface area contributed by atoms with Gasteiger partial charge in [-0.3, -0.25) is 0 Å². The summed E-state index contributed by atoms with van der Waals surface area (Å²) in [5, 5.41) is 2.14. The van der Waals surface area contributed by atoms with Crippen molar-refractivity contribution >= 4 is 70.1 Å². The first-order valence-electron chi connectivity index (χ1n) is 17.5. The van der Waals surface area contributed by atoms with Gasteiger partial charge >= 0.3 is 11.9 Å². The molecule has 4 heterocycles. The van der Waals surface area contributed by atoms with Gasteiger partial charge in [-0.2, -0.15) is 17.5 Å². The van der Waals surface area contributed by atoms with Crippen molar-refractivity contribution in [2.75, 3.05) is 65.0 Å². The van der Waals surface area contributed by atoms with Crippen LogP contribution in [0.1, 0.15) is 101 Å². The second-order valence-electron chi connectivity index (χ2n) is 12.6. The Morgan fingerprint density at radius 3 is 1.44 bits per heavy atom. The second-order valence-corrected chi connectivity index (χ2v) is 15.8. The van der Waals surface area contributed by atoms with Crippen LogP contribution in [0.25, 0.3) is 11.1 Å². The van der Waals surface area contributed by atoms with Crippen molar-refractivity contribution in [2.45, 2.75) is 99.9 Å². The van der Waals surface area contributed by atoms with Crippen LogP contribution in [0.2, 0.25) is 0 Å². The third kappa shape index (κ3) is 14.2. The first kappa shape index (κ1) is 39.0. The van der Waals surface area contributed by atoms with Gasteiger partial charge in [-0.05, 0) is 75.3 Å². The van der Waals surface area contributed by atoms with E-state index in [1.165, 1.54) is 47.4 Å². The van der Waals surface area contributed by atoms with E-state index in [1.807, 2.05) is 23.5 Å². The molecule has 4 rings (SSSR count). The summed E-state index contributed by atoms with van der Waals surface area (Å²) in [6.45, 7) is 4.63. The molecule has 2 aromatic heterocycles. The van der Waals surface area contributed by atoms with Gasteiger partial charge in [0.05, 0.1) is 36.7 Å². The van der Waals surface area contributed by atoms with Crippen LogP contribution in [0.3, 0.4) is 0 Å². The van der Waals surface area contributed by atoms with Gasteiger partial charge in [0.15, 0.2) is 0 Å². The quantitative estimate of drug-likeness (QED) is 0.0517. The first-order valence-corrected chi connectivity index (χ1v) is 20.9. The van der Waals surface area contributed by atoms with E-state index in [0.29, 0.717) is 0 Å². The lowest BCUT2D eigenvalue weighted by Crippen LogP contribution is -2.25. The number of rotatable bonds is 22. The minimum atomic E-state index is -0.874. The van der Waals surface area contributed by atoms with E-state index in [-0.39, 0.29) is 13.2 Å². The number of hydrogen-bond donors (Lipinski definition) is 0. The van der Waals surface area contributed by atoms with Crippen LogP contribution in [0, 0.1) is 0 Å². The van der Waals surface area contributed by atoms with Crippen molar-refractivity contribution in [3.05, 3.63) is 23.5 Å². The maximum atomic E-state index is 11.9. The van der Waals surface area contributed by atoms with Gasteiger partial charge in [0.2, 0.25) is 0 Å². The average Bonchev–Trinajstić information content (AvgIpc) is 3.76. The van der Waals surface area contributed by atoms with E-state index in [2.05, 4.69) is 53.5 Å². The molecule has 10 nitrogen and oxygen atoms in total. The van der Waals surface area contributed by atoms with Gasteiger partial charge in [0.1, 0.15) is 21.4 Å². The van der Waals surface area contributed by atoms with E-state index in [4.69, 9.17) is 9.47 Å². The third-order valence-corrected chi connectivity index (χ3v) is 11.8. The van der Waals surface area contributed by atoms with Crippen molar-refractivity contribution in [1.29, 1.82) is 0 Å². The van der Waals surface area contributed by atoms with E-state index < -0.39 is 11.9 Å². The number of thioether (sulfide) groups is 2. The molecule has 2 aromatic rings. The summed E-state index contributed by atoms with van der Waals surface area (Å²) in [6, 6.07) is 0. The molecule has 0 saturated carbocycles. The Labute approximate surface area is 303 Å². The smallest absolute Gasteiger partial charge is 0.417 e. The molecular weight excluding hydrogens is 685 g/mol. The highest BCUT2D eigenvalue weighted by atomic mass is 32.2. The van der Waals surface area contributed by atoms with Crippen LogP contribution >= 0.6 is 47.0 Å². The number of esters is 2. The Hall–Kier alpha value is -1.84. The number of likely N-dealkylation sites (N-methyl/N-ethyl adjacent to an activating group) is 2. The molecule has 0 spiro atoms. The van der Waals surface area contributed by atoms with Crippen molar-refractivity contribution in [1.82, 2.24) is 27.3 Å². The summed E-state index contributed by atoms with van der Waals surface area (Å²) < 4.78 is 28.4. The molecule has 0 radical (unpaired) electrons. The van der Waals surface area contributed by atoms with E-state index in [9.17, 15) is 9.59 Å². The molecule has 0 amide bonds. The van der Waals surface area contributed by atoms with Gasteiger partial charge in [-0.25, -0.2) is 9.59 Å². The van der Waals surface area contributed by atoms with E-state index in [1.54, 1.807) is 0 Å². The monoisotopic (exact) mass is 736 g/mol. The summed E-state index contributed by atoms with van der Waals surface area (Å²) in [7, 11) is 4.30. The minimum Gasteiger partial charge on any atom is -0.457 e. The highest BCUT2D eigenvalue weighted by Crippen LogP contribution is 2.31. The van der Waals surface area contributed by atoms with Gasteiger partial charge in [-0.15, -0.1) is 23.5 Å². The topological polar surface area (TPSA) is 111 Å². The zero-order chi connectivity index (χ0) is 33.8. The zero-order valence-electron chi connectivity index (χ0n) is 28.7. The van der Waals surface area contributed by atoms with Crippen LogP contribution in [0.4, 0.5) is 0 Å². The summed E-state index contributed by atoms with van der Waals surface area (Å²) >= 11 is 6.24. The van der Waals surface area contributed by atoms with Crippen LogP contribution < -0.4 is 0 Å². The van der Waals surface area contributed by atoms with Crippen LogP contribution in [-0.4, -0.2) is 104 Å². The Balaban J connectivity index is 0.904. The molecule has 2 aliphatic heterocycles. The summed E-state index contributed by atoms with van der Waals surface area (Å²) in [5.41, 5.74) is 4.75. The van der Waals surface area contributed by atoms with Gasteiger partial charge in [0.25, 0.3) is 0 Å². The van der Waals surface area contributed by atoms with Crippen molar-refractivity contribution in [2.24, 2.45) is 0 Å². The van der Waals surface area contributed by atoms with Crippen LogP contribution in [0.5, 0.6) is 0 Å². The Morgan fingerprint density at radius 2 is 1.02 bits per heavy atom. The number of nitrogens with zero attached hydrogens (tertiary/aromatic N) is 6. The maximum absolute atomic E-state index is 11.9. The Bertz CT molecular complexity index is 1220. The van der Waals surface area contributed by atoms with Crippen molar-refractivity contribution in [3.8, 4) is 0 Å². The molecule has 2 aliphatic rings. The predicted molar refractivity (Wildman–Crippen MR) is 199 cm³/mol. The fourth-order valence-corrected chi connectivity index (χ4v) is 9.10. The molecule has 0 aliphatic carbocycles. The number of carbonyl (C=O) groups excluding carboxylic acids is 2. The summed E-state index contributed by atoms with van der Waals surface area (Å²) in [4.78, 5) is 28.5. The standard InChI is InChI=1S/C34H52N6O4S4/c1-39-19-15-17-27(25-39)29-31(37-47-35-29)45-23-13-9-5-3-7-11-21-43-33(41)34(42)44-22-12-8-4-6-10-14-24-46-32-30(36-48-38-32)28-18-16-20-40(2)26-28/h17-18H,3-16,19-26H2,1-2H3. The lowest BCUT2D eigenvalue weighted by atomic mass is 10.1. The predicted octanol–water partition coefficient (Wildman–Crippen LogP) is 7.48. The lowest BCUT2D eigenvalue weighted by molar-refractivity contribution is -0.167. The molecule has 0 aromatic carbocycles. The van der Waals surface area contributed by atoms with Crippen LogP contribution in [0.15, 0.2) is 22.2 Å². The van der Waals surface area contributed by atoms with Crippen LogP contribution in [-0.2, 0) is 19.1 Å². The number of carbonyl (C=O) groups is 2. The van der Waals surface area contributed by atoms with Gasteiger partial charge in [0, 0.05) is 26.2 Å². The molecule has 14 heteroatoms. The summed E-state index contributed by atoms with van der Waals surface area (Å²) in [6.07, 6.45) is 19.3. The molecule has 0 unspecified atom stereocenters. The average molecular weight is 737 g/mol. The molecule has 266 valence electrons. The lowest BCUT2D eigenvalue weighted by Gasteiger charge is -2.22. The number of ether oxygens (including phenoxy) is 2. The van der Waals surface area contributed by atoms with Gasteiger partial charge in [-0.1, -0.05) is 63.5 Å². The molecule has 0 saturated heterocycles. The largest absolute Gasteiger partial charge is 0.457 e. The molecule has 48 heavy (non-hydrogen) atoms. The zero-order valence-corrected chi connectivity index (χ0v) is 31.9. The maximum Gasteiger partial charge on any atom is 0.417 e. The number of unbranched alkanes of at least 4 members (excludes halogenated alkanes) is 10. The number of aromatic nitrogens is 4. The fourth-order valence-electron chi connectivity index (χ4n) is 5.68. The molecule has 0 atom stereocenters. The molecule has 0 bridgehead atoms. The highest BCUT2D eigenvalue weighted by molar-refractivity contribution is 7.99. The SMILES string of the molecule is CN1CCC=C(c2nsnc2SCCCCCCCCOC(=O)C(=O)OCCCCCCCCSc2nsnc2C2=CCCN(C)C2)C1. The Morgan fingerprint density at radius 1 is 0.625 bits per heavy atom. The van der Waals surface area contributed by atoms with Crippen molar-refractivity contribution < 1.29 is 19.1 Å². The molecule has 0 N–H and O–H groups in total. The van der Waals surface area contributed by atoms with Gasteiger partial charge < -0.3 is 19.3 Å². The minimum absolute atomic E-state index is 0.266. The third-order valence-electron chi connectivity index (χ3n) is 8.40. The van der Waals surface area contributed by atoms with E-state index in [0.717, 1.165) is 136 Å². The molecule has 0 fully saturated rings.